The van der Waals surface area contributed by atoms with Crippen LogP contribution in [0.4, 0.5) is 13.2 Å². The highest BCUT2D eigenvalue weighted by Gasteiger charge is 2.09. The number of benzene rings is 4. The second kappa shape index (κ2) is 9.94. The van der Waals surface area contributed by atoms with Crippen LogP contribution >= 0.6 is 0 Å². The van der Waals surface area contributed by atoms with Crippen molar-refractivity contribution in [2.75, 3.05) is 0 Å². The molecular weight excluding hydrogens is 417 g/mol. The Labute approximate surface area is 191 Å². The Kier molecular flexibility index (Phi) is 6.63. The number of allylic oxidation sites excluding steroid dienone is 1. The average Bonchev–Trinajstić information content (AvgIpc) is 2.81. The van der Waals surface area contributed by atoms with Gasteiger partial charge in [0.25, 0.3) is 0 Å². The number of hydrogen-bond acceptors (Lipinski definition) is 0. The van der Waals surface area contributed by atoms with Crippen molar-refractivity contribution in [3.05, 3.63) is 131 Å². The van der Waals surface area contributed by atoms with Gasteiger partial charge in [-0.05, 0) is 89.8 Å². The molecule has 0 heterocycles. The Balaban J connectivity index is 1.50. The molecule has 4 rings (SSSR count). The van der Waals surface area contributed by atoms with Crippen LogP contribution in [0.1, 0.15) is 34.2 Å². The molecule has 0 saturated heterocycles. The molecule has 160 valence electrons. The van der Waals surface area contributed by atoms with E-state index < -0.39 is 11.6 Å². The third kappa shape index (κ3) is 5.53. The average molecular weight is 436 g/mol. The minimum Gasteiger partial charge on any atom is -0.207 e. The first kappa shape index (κ1) is 22.0. The largest absolute Gasteiger partial charge is 0.207 e. The molecule has 0 aliphatic carbocycles. The van der Waals surface area contributed by atoms with Crippen LogP contribution < -0.4 is 0 Å². The van der Waals surface area contributed by atoms with Gasteiger partial charge in [0, 0.05) is 16.7 Å². The highest BCUT2D eigenvalue weighted by atomic mass is 19.1. The van der Waals surface area contributed by atoms with Gasteiger partial charge in [0.05, 0.1) is 5.56 Å². The molecule has 0 amide bonds. The summed E-state index contributed by atoms with van der Waals surface area (Å²) in [6.45, 7) is 3.62. The lowest BCUT2D eigenvalue weighted by atomic mass is 10.1. The molecule has 0 aliphatic rings. The maximum Gasteiger partial charge on any atom is 0.142 e. The highest BCUT2D eigenvalue weighted by molar-refractivity contribution is 5.84. The van der Waals surface area contributed by atoms with Crippen LogP contribution in [0.5, 0.6) is 0 Å². The SMILES string of the molecule is C=CCCc1cc(F)c(C#Cc2ccc(C#Cc3ccc4cc(F)ccc4c3)cc2)c(F)c1. The molecule has 0 saturated carbocycles. The van der Waals surface area contributed by atoms with E-state index in [1.165, 1.54) is 24.3 Å². The summed E-state index contributed by atoms with van der Waals surface area (Å²) in [7, 11) is 0. The fourth-order valence-electron chi connectivity index (χ4n) is 3.37. The monoisotopic (exact) mass is 436 g/mol. The van der Waals surface area contributed by atoms with Gasteiger partial charge in [-0.15, -0.1) is 6.58 Å². The predicted octanol–water partition coefficient (Wildman–Crippen LogP) is 7.18. The minimum absolute atomic E-state index is 0.239. The van der Waals surface area contributed by atoms with Gasteiger partial charge in [-0.1, -0.05) is 41.9 Å². The van der Waals surface area contributed by atoms with E-state index in [1.807, 2.05) is 18.2 Å². The van der Waals surface area contributed by atoms with Crippen LogP contribution in [-0.4, -0.2) is 0 Å². The highest BCUT2D eigenvalue weighted by Crippen LogP contribution is 2.18. The summed E-state index contributed by atoms with van der Waals surface area (Å²) in [5, 5.41) is 1.74. The molecule has 0 N–H and O–H groups in total. The Morgan fingerprint density at radius 2 is 1.18 bits per heavy atom. The minimum atomic E-state index is -0.665. The zero-order valence-electron chi connectivity index (χ0n) is 17.8. The van der Waals surface area contributed by atoms with Crippen molar-refractivity contribution in [1.29, 1.82) is 0 Å². The van der Waals surface area contributed by atoms with Crippen molar-refractivity contribution in [3.63, 3.8) is 0 Å². The van der Waals surface area contributed by atoms with Crippen LogP contribution in [0, 0.1) is 41.1 Å². The fourth-order valence-corrected chi connectivity index (χ4v) is 3.37. The first-order valence-electron chi connectivity index (χ1n) is 10.4. The van der Waals surface area contributed by atoms with Crippen molar-refractivity contribution in [1.82, 2.24) is 0 Å². The van der Waals surface area contributed by atoms with Crippen LogP contribution in [0.2, 0.25) is 0 Å². The Bertz CT molecular complexity index is 1430. The van der Waals surface area contributed by atoms with E-state index in [4.69, 9.17) is 0 Å². The molecule has 0 aromatic heterocycles. The van der Waals surface area contributed by atoms with E-state index >= 15 is 0 Å². The topological polar surface area (TPSA) is 0 Å². The van der Waals surface area contributed by atoms with Crippen molar-refractivity contribution >= 4 is 10.8 Å². The maximum atomic E-state index is 14.3. The van der Waals surface area contributed by atoms with Gasteiger partial charge in [0.15, 0.2) is 0 Å². The lowest BCUT2D eigenvalue weighted by Crippen LogP contribution is -1.95. The molecule has 0 bridgehead atoms. The summed E-state index contributed by atoms with van der Waals surface area (Å²) in [4.78, 5) is 0. The zero-order chi connectivity index (χ0) is 23.2. The van der Waals surface area contributed by atoms with E-state index in [0.29, 0.717) is 24.0 Å². The van der Waals surface area contributed by atoms with Gasteiger partial charge in [-0.2, -0.15) is 0 Å². The quantitative estimate of drug-likeness (QED) is 0.236. The van der Waals surface area contributed by atoms with E-state index in [-0.39, 0.29) is 11.4 Å². The van der Waals surface area contributed by atoms with Crippen molar-refractivity contribution < 1.29 is 13.2 Å². The molecular formula is C30H19F3. The maximum absolute atomic E-state index is 14.3. The molecule has 0 radical (unpaired) electrons. The van der Waals surface area contributed by atoms with E-state index in [2.05, 4.69) is 30.3 Å². The molecule has 0 unspecified atom stereocenters. The van der Waals surface area contributed by atoms with Crippen molar-refractivity contribution in [2.24, 2.45) is 0 Å². The Hall–Kier alpha value is -4.21. The lowest BCUT2D eigenvalue weighted by Gasteiger charge is -2.03. The second-order valence-corrected chi connectivity index (χ2v) is 7.55. The summed E-state index contributed by atoms with van der Waals surface area (Å²) in [6.07, 6.45) is 2.90. The smallest absolute Gasteiger partial charge is 0.142 e. The van der Waals surface area contributed by atoms with Gasteiger partial charge in [0.2, 0.25) is 0 Å². The van der Waals surface area contributed by atoms with Crippen LogP contribution in [-0.2, 0) is 6.42 Å². The summed E-state index contributed by atoms with van der Waals surface area (Å²) in [6, 6.07) is 20.0. The van der Waals surface area contributed by atoms with E-state index in [0.717, 1.165) is 21.9 Å². The summed E-state index contributed by atoms with van der Waals surface area (Å²) < 4.78 is 41.9. The van der Waals surface area contributed by atoms with Crippen LogP contribution in [0.25, 0.3) is 10.8 Å². The van der Waals surface area contributed by atoms with Gasteiger partial charge < -0.3 is 0 Å². The molecule has 0 nitrogen and oxygen atoms in total. The summed E-state index contributed by atoms with van der Waals surface area (Å²) >= 11 is 0. The molecule has 0 aliphatic heterocycles. The summed E-state index contributed by atoms with van der Waals surface area (Å²) in [5.74, 6) is 9.98. The predicted molar refractivity (Wildman–Crippen MR) is 127 cm³/mol. The Morgan fingerprint density at radius 1 is 0.636 bits per heavy atom. The normalized spacial score (nSPS) is 10.2. The molecule has 4 aromatic carbocycles. The number of halogens is 3. The number of aryl methyl sites for hydroxylation is 1. The molecule has 3 heteroatoms. The molecule has 4 aromatic rings. The number of rotatable bonds is 3. The second-order valence-electron chi connectivity index (χ2n) is 7.55. The first-order valence-corrected chi connectivity index (χ1v) is 10.4. The fraction of sp³-hybridized carbons (Fsp3) is 0.0667. The standard InChI is InChI=1S/C30H19F3/c1-2-3-4-24-18-29(32)28(30(33)19-24)16-12-22-7-5-21(6-8-22)9-10-23-11-13-26-20-27(31)15-14-25(26)17-23/h2,5-8,11,13-15,17-20H,1,3-4H2. The molecule has 33 heavy (non-hydrogen) atoms. The van der Waals surface area contributed by atoms with Crippen LogP contribution in [0.15, 0.2) is 85.5 Å². The molecule has 0 spiro atoms. The van der Waals surface area contributed by atoms with Gasteiger partial charge in [0.1, 0.15) is 17.5 Å². The van der Waals surface area contributed by atoms with Gasteiger partial charge in [-0.3, -0.25) is 0 Å². The number of fused-ring (bicyclic) bond motifs is 1. The Morgan fingerprint density at radius 3 is 1.85 bits per heavy atom. The zero-order valence-corrected chi connectivity index (χ0v) is 17.8. The molecule has 0 atom stereocenters. The van der Waals surface area contributed by atoms with E-state index in [9.17, 15) is 13.2 Å². The third-order valence-electron chi connectivity index (χ3n) is 5.11. The first-order chi connectivity index (χ1) is 16.0. The third-order valence-corrected chi connectivity index (χ3v) is 5.11. The van der Waals surface area contributed by atoms with Gasteiger partial charge in [-0.25, -0.2) is 13.2 Å². The van der Waals surface area contributed by atoms with Crippen LogP contribution in [0.3, 0.4) is 0 Å². The molecule has 0 fully saturated rings. The lowest BCUT2D eigenvalue weighted by molar-refractivity contribution is 0.574. The number of hydrogen-bond donors (Lipinski definition) is 0. The van der Waals surface area contributed by atoms with Gasteiger partial charge >= 0.3 is 0 Å². The van der Waals surface area contributed by atoms with Crippen molar-refractivity contribution in [2.45, 2.75) is 12.8 Å². The van der Waals surface area contributed by atoms with E-state index in [1.54, 1.807) is 36.4 Å². The van der Waals surface area contributed by atoms with Crippen molar-refractivity contribution in [3.8, 4) is 23.7 Å². The summed E-state index contributed by atoms with van der Waals surface area (Å²) in [5.41, 5.74) is 2.57.